The first-order chi connectivity index (χ1) is 19.7. The number of sulfonamides is 1. The molecule has 2 aliphatic heterocycles. The van der Waals surface area contributed by atoms with Crippen molar-refractivity contribution in [2.24, 2.45) is 5.92 Å². The van der Waals surface area contributed by atoms with Gasteiger partial charge in [0.05, 0.1) is 53.5 Å². The highest BCUT2D eigenvalue weighted by atomic mass is 32.2. The van der Waals surface area contributed by atoms with E-state index in [1.807, 2.05) is 9.80 Å². The largest absolute Gasteiger partial charge is 0.493 e. The number of ether oxygens (including phenoxy) is 3. The molecule has 1 aromatic carbocycles. The lowest BCUT2D eigenvalue weighted by atomic mass is 9.84. The van der Waals surface area contributed by atoms with Gasteiger partial charge in [0.1, 0.15) is 0 Å². The number of carbonyl (C=O) groups excluding carboxylic acids is 1. The molecule has 2 aliphatic rings. The van der Waals surface area contributed by atoms with Crippen LogP contribution in [0.3, 0.4) is 0 Å². The number of likely N-dealkylation sites (tertiary alicyclic amines) is 1. The van der Waals surface area contributed by atoms with E-state index >= 15 is 0 Å². The molecule has 1 saturated heterocycles. The molecule has 2 N–H and O–H groups in total. The number of hydrogen-bond acceptors (Lipinski definition) is 8. The lowest BCUT2D eigenvalue weighted by Gasteiger charge is -2.30. The molecule has 1 amide bonds. The standard InChI is InChI=1S/C29H48N4O8S/c1-7-8-13-31(14-9-10-15-33(2,3)4)26(34)19-32-18-22(21-16-24(39-5)28-25(17-21)40-20-41-28)27(29(35)36)23(32)11-12-30-42(6,37)38/h16-17,22-23,27,30H,7-15,18-20H2,1-6H3/p+1/t22-,23+,27-/m1/s1. The fraction of sp³-hybridized carbons (Fsp3) is 0.724. The molecule has 0 unspecified atom stereocenters. The molecule has 0 aliphatic carbocycles. The Hall–Kier alpha value is -2.61. The Morgan fingerprint density at radius 3 is 2.50 bits per heavy atom. The van der Waals surface area contributed by atoms with Crippen LogP contribution in [0.1, 0.15) is 50.5 Å². The molecule has 0 saturated carbocycles. The molecule has 3 atom stereocenters. The Labute approximate surface area is 250 Å². The van der Waals surface area contributed by atoms with Gasteiger partial charge in [0.15, 0.2) is 11.5 Å². The maximum Gasteiger partial charge on any atom is 0.308 e. The zero-order valence-electron chi connectivity index (χ0n) is 25.9. The summed E-state index contributed by atoms with van der Waals surface area (Å²) in [5.74, 6) is -0.981. The number of nitrogens with zero attached hydrogens (tertiary/aromatic N) is 3. The summed E-state index contributed by atoms with van der Waals surface area (Å²) < 4.78 is 43.5. The smallest absolute Gasteiger partial charge is 0.308 e. The summed E-state index contributed by atoms with van der Waals surface area (Å²) in [6.07, 6.45) is 5.06. The molecule has 2 heterocycles. The van der Waals surface area contributed by atoms with Crippen LogP contribution in [0.25, 0.3) is 0 Å². The maximum absolute atomic E-state index is 13.7. The van der Waals surface area contributed by atoms with Gasteiger partial charge in [-0.3, -0.25) is 14.5 Å². The minimum absolute atomic E-state index is 0.0390. The van der Waals surface area contributed by atoms with Crippen LogP contribution in [-0.2, 0) is 19.6 Å². The van der Waals surface area contributed by atoms with E-state index in [1.54, 1.807) is 12.1 Å². The first kappa shape index (κ1) is 33.9. The molecule has 0 radical (unpaired) electrons. The van der Waals surface area contributed by atoms with Crippen molar-refractivity contribution in [1.82, 2.24) is 14.5 Å². The minimum atomic E-state index is -3.46. The highest BCUT2D eigenvalue weighted by molar-refractivity contribution is 7.88. The highest BCUT2D eigenvalue weighted by Crippen LogP contribution is 2.47. The van der Waals surface area contributed by atoms with Crippen molar-refractivity contribution in [3.63, 3.8) is 0 Å². The molecule has 238 valence electrons. The van der Waals surface area contributed by atoms with Crippen LogP contribution in [0.4, 0.5) is 0 Å². The normalized spacial score (nSPS) is 20.6. The number of aliphatic carboxylic acids is 1. The van der Waals surface area contributed by atoms with Crippen molar-refractivity contribution in [2.45, 2.75) is 51.0 Å². The lowest BCUT2D eigenvalue weighted by molar-refractivity contribution is -0.870. The van der Waals surface area contributed by atoms with Gasteiger partial charge in [-0.25, -0.2) is 13.1 Å². The predicted molar refractivity (Wildman–Crippen MR) is 159 cm³/mol. The molecule has 1 fully saturated rings. The van der Waals surface area contributed by atoms with Gasteiger partial charge >= 0.3 is 5.97 Å². The summed E-state index contributed by atoms with van der Waals surface area (Å²) >= 11 is 0. The molecule has 12 nitrogen and oxygen atoms in total. The number of carboxylic acids is 1. The summed E-state index contributed by atoms with van der Waals surface area (Å²) in [5.41, 5.74) is 0.711. The number of carbonyl (C=O) groups is 2. The van der Waals surface area contributed by atoms with Crippen molar-refractivity contribution in [1.29, 1.82) is 0 Å². The molecule has 0 bridgehead atoms. The van der Waals surface area contributed by atoms with Gasteiger partial charge in [0, 0.05) is 38.1 Å². The van der Waals surface area contributed by atoms with E-state index in [-0.39, 0.29) is 32.2 Å². The van der Waals surface area contributed by atoms with Gasteiger partial charge in [-0.05, 0) is 43.4 Å². The lowest BCUT2D eigenvalue weighted by Crippen LogP contribution is -2.45. The number of fused-ring (bicyclic) bond motifs is 1. The topological polar surface area (TPSA) is 135 Å². The van der Waals surface area contributed by atoms with Crippen molar-refractivity contribution >= 4 is 21.9 Å². The van der Waals surface area contributed by atoms with Crippen LogP contribution in [0.5, 0.6) is 17.2 Å². The van der Waals surface area contributed by atoms with Gasteiger partial charge < -0.3 is 28.7 Å². The number of hydrogen-bond donors (Lipinski definition) is 2. The van der Waals surface area contributed by atoms with E-state index in [0.717, 1.165) is 43.0 Å². The Morgan fingerprint density at radius 2 is 1.88 bits per heavy atom. The summed E-state index contributed by atoms with van der Waals surface area (Å²) in [5, 5.41) is 10.4. The first-order valence-electron chi connectivity index (χ1n) is 14.7. The molecular weight excluding hydrogens is 564 g/mol. The highest BCUT2D eigenvalue weighted by Gasteiger charge is 2.47. The Balaban J connectivity index is 1.86. The average Bonchev–Trinajstić information content (AvgIpc) is 3.51. The number of amides is 1. The second kappa shape index (κ2) is 14.7. The number of methoxy groups -OCH3 is 1. The van der Waals surface area contributed by atoms with Crippen LogP contribution in [0.2, 0.25) is 0 Å². The number of nitrogens with one attached hydrogen (secondary N) is 1. The Morgan fingerprint density at radius 1 is 1.17 bits per heavy atom. The van der Waals surface area contributed by atoms with E-state index in [1.165, 1.54) is 7.11 Å². The van der Waals surface area contributed by atoms with Gasteiger partial charge in [-0.15, -0.1) is 0 Å². The minimum Gasteiger partial charge on any atom is -0.493 e. The summed E-state index contributed by atoms with van der Waals surface area (Å²) in [6, 6.07) is 2.99. The van der Waals surface area contributed by atoms with E-state index in [9.17, 15) is 23.1 Å². The van der Waals surface area contributed by atoms with E-state index in [4.69, 9.17) is 14.2 Å². The predicted octanol–water partition coefficient (Wildman–Crippen LogP) is 1.95. The third kappa shape index (κ3) is 9.45. The number of rotatable bonds is 17. The fourth-order valence-corrected chi connectivity index (χ4v) is 6.31. The van der Waals surface area contributed by atoms with Gasteiger partial charge in [0.2, 0.25) is 28.5 Å². The summed E-state index contributed by atoms with van der Waals surface area (Å²) in [4.78, 5) is 30.3. The van der Waals surface area contributed by atoms with Crippen LogP contribution in [-0.4, -0.2) is 126 Å². The molecule has 13 heteroatoms. The van der Waals surface area contributed by atoms with Gasteiger partial charge in [-0.2, -0.15) is 0 Å². The van der Waals surface area contributed by atoms with Crippen molar-refractivity contribution in [3.05, 3.63) is 17.7 Å². The maximum atomic E-state index is 13.7. The summed E-state index contributed by atoms with van der Waals surface area (Å²) in [6.45, 7) is 4.90. The number of quaternary nitrogens is 1. The zero-order valence-corrected chi connectivity index (χ0v) is 26.7. The van der Waals surface area contributed by atoms with E-state index in [2.05, 4.69) is 32.8 Å². The van der Waals surface area contributed by atoms with Crippen molar-refractivity contribution in [2.75, 3.05) is 80.6 Å². The van der Waals surface area contributed by atoms with Crippen LogP contribution >= 0.6 is 0 Å². The van der Waals surface area contributed by atoms with E-state index in [0.29, 0.717) is 42.4 Å². The third-order valence-electron chi connectivity index (χ3n) is 7.93. The second-order valence-corrected chi connectivity index (χ2v) is 14.2. The van der Waals surface area contributed by atoms with Gasteiger partial charge in [-0.1, -0.05) is 13.3 Å². The number of carboxylic acid groups (broad SMARTS) is 1. The SMILES string of the molecule is CCCCN(CCCC[N+](C)(C)C)C(=O)CN1C[C@H](c2cc(OC)c3c(c2)OCO3)[C@@H](C(=O)O)[C@@H]1CCNS(C)(=O)=O. The van der Waals surface area contributed by atoms with Gasteiger partial charge in [0.25, 0.3) is 0 Å². The van der Waals surface area contributed by atoms with Crippen LogP contribution in [0, 0.1) is 5.92 Å². The van der Waals surface area contributed by atoms with Crippen molar-refractivity contribution < 1.29 is 41.8 Å². The van der Waals surface area contributed by atoms with Crippen LogP contribution in [0.15, 0.2) is 12.1 Å². The zero-order chi connectivity index (χ0) is 31.1. The molecule has 0 aromatic heterocycles. The average molecular weight is 614 g/mol. The monoisotopic (exact) mass is 613 g/mol. The Bertz CT molecular complexity index is 1190. The third-order valence-corrected chi connectivity index (χ3v) is 8.65. The number of benzene rings is 1. The molecule has 1 aromatic rings. The second-order valence-electron chi connectivity index (χ2n) is 12.3. The first-order valence-corrected chi connectivity index (χ1v) is 16.6. The van der Waals surface area contributed by atoms with Crippen molar-refractivity contribution in [3.8, 4) is 17.2 Å². The molecular formula is C29H49N4O8S+. The summed E-state index contributed by atoms with van der Waals surface area (Å²) in [7, 11) is 4.50. The van der Waals surface area contributed by atoms with Crippen LogP contribution < -0.4 is 18.9 Å². The molecule has 3 rings (SSSR count). The molecule has 0 spiro atoms. The molecule has 42 heavy (non-hydrogen) atoms. The van der Waals surface area contributed by atoms with E-state index < -0.39 is 33.9 Å². The quantitative estimate of drug-likeness (QED) is 0.200. The Kier molecular flexibility index (Phi) is 11.9. The number of unbranched alkanes of at least 4 members (excludes halogenated alkanes) is 2. The fourth-order valence-electron chi connectivity index (χ4n) is 5.82.